The SMILES string of the molecule is CCN(C(=O)c1cccc(OC)c1O)C(C)CC(=O)O. The lowest BCUT2D eigenvalue weighted by Crippen LogP contribution is -2.39. The number of aromatic hydroxyl groups is 1. The summed E-state index contributed by atoms with van der Waals surface area (Å²) in [6.07, 6.45) is -0.149. The van der Waals surface area contributed by atoms with Crippen LogP contribution in [-0.2, 0) is 4.79 Å². The van der Waals surface area contributed by atoms with Crippen molar-refractivity contribution in [3.05, 3.63) is 23.8 Å². The normalized spacial score (nSPS) is 11.8. The minimum atomic E-state index is -0.974. The van der Waals surface area contributed by atoms with Gasteiger partial charge in [-0.25, -0.2) is 0 Å². The molecular formula is C14H19NO5. The van der Waals surface area contributed by atoms with Crippen LogP contribution in [0.5, 0.6) is 11.5 Å². The molecule has 6 nitrogen and oxygen atoms in total. The summed E-state index contributed by atoms with van der Waals surface area (Å²) in [5, 5.41) is 18.8. The number of amides is 1. The smallest absolute Gasteiger partial charge is 0.305 e. The van der Waals surface area contributed by atoms with Crippen LogP contribution < -0.4 is 4.74 Å². The van der Waals surface area contributed by atoms with Gasteiger partial charge in [-0.1, -0.05) is 6.07 Å². The van der Waals surface area contributed by atoms with Crippen molar-refractivity contribution >= 4 is 11.9 Å². The summed E-state index contributed by atoms with van der Waals surface area (Å²) in [4.78, 5) is 24.6. The molecule has 0 saturated heterocycles. The fraction of sp³-hybridized carbons (Fsp3) is 0.429. The Kier molecular flexibility index (Phi) is 5.37. The molecule has 0 saturated carbocycles. The zero-order valence-corrected chi connectivity index (χ0v) is 11.8. The standard InChI is InChI=1S/C14H19NO5/c1-4-15(9(2)8-12(16)17)14(19)10-6-5-7-11(20-3)13(10)18/h5-7,9,18H,4,8H2,1-3H3,(H,16,17). The van der Waals surface area contributed by atoms with E-state index in [1.54, 1.807) is 26.0 Å². The number of carboxylic acid groups (broad SMARTS) is 1. The van der Waals surface area contributed by atoms with Gasteiger partial charge < -0.3 is 19.8 Å². The number of carboxylic acids is 1. The lowest BCUT2D eigenvalue weighted by atomic mass is 10.1. The fourth-order valence-corrected chi connectivity index (χ4v) is 2.03. The Hall–Kier alpha value is -2.24. The lowest BCUT2D eigenvalue weighted by molar-refractivity contribution is -0.138. The molecule has 1 aromatic rings. The van der Waals surface area contributed by atoms with Crippen molar-refractivity contribution in [3.63, 3.8) is 0 Å². The molecule has 20 heavy (non-hydrogen) atoms. The maximum Gasteiger partial charge on any atom is 0.305 e. The Morgan fingerprint density at radius 2 is 2.05 bits per heavy atom. The third kappa shape index (κ3) is 3.40. The highest BCUT2D eigenvalue weighted by molar-refractivity contribution is 5.98. The highest BCUT2D eigenvalue weighted by atomic mass is 16.5. The summed E-state index contributed by atoms with van der Waals surface area (Å²) in [6.45, 7) is 3.77. The molecule has 6 heteroatoms. The van der Waals surface area contributed by atoms with Crippen molar-refractivity contribution in [2.75, 3.05) is 13.7 Å². The van der Waals surface area contributed by atoms with E-state index < -0.39 is 17.9 Å². The Balaban J connectivity index is 3.05. The van der Waals surface area contributed by atoms with Crippen LogP contribution in [-0.4, -0.2) is 46.7 Å². The predicted octanol–water partition coefficient (Wildman–Crippen LogP) is 1.73. The molecule has 1 unspecified atom stereocenters. The van der Waals surface area contributed by atoms with Gasteiger partial charge in [0.15, 0.2) is 11.5 Å². The van der Waals surface area contributed by atoms with E-state index in [2.05, 4.69) is 0 Å². The molecule has 0 spiro atoms. The first-order chi connectivity index (χ1) is 9.42. The molecule has 1 aromatic carbocycles. The highest BCUT2D eigenvalue weighted by Gasteiger charge is 2.25. The number of carbonyl (C=O) groups excluding carboxylic acids is 1. The monoisotopic (exact) mass is 281 g/mol. The highest BCUT2D eigenvalue weighted by Crippen LogP contribution is 2.30. The van der Waals surface area contributed by atoms with E-state index >= 15 is 0 Å². The van der Waals surface area contributed by atoms with Gasteiger partial charge in [0.1, 0.15) is 0 Å². The number of carbonyl (C=O) groups is 2. The quantitative estimate of drug-likeness (QED) is 0.829. The van der Waals surface area contributed by atoms with Crippen molar-refractivity contribution in [3.8, 4) is 11.5 Å². The number of nitrogens with zero attached hydrogens (tertiary/aromatic N) is 1. The van der Waals surface area contributed by atoms with Crippen molar-refractivity contribution in [2.45, 2.75) is 26.3 Å². The first-order valence-electron chi connectivity index (χ1n) is 6.31. The number of phenols is 1. The zero-order valence-electron chi connectivity index (χ0n) is 11.8. The van der Waals surface area contributed by atoms with E-state index in [1.165, 1.54) is 18.1 Å². The third-order valence-corrected chi connectivity index (χ3v) is 3.05. The van der Waals surface area contributed by atoms with Gasteiger partial charge in [-0.05, 0) is 26.0 Å². The number of hydrogen-bond donors (Lipinski definition) is 2. The zero-order chi connectivity index (χ0) is 15.3. The van der Waals surface area contributed by atoms with Crippen molar-refractivity contribution in [1.82, 2.24) is 4.90 Å². The van der Waals surface area contributed by atoms with Gasteiger partial charge in [0, 0.05) is 12.6 Å². The van der Waals surface area contributed by atoms with Crippen molar-refractivity contribution in [1.29, 1.82) is 0 Å². The second kappa shape index (κ2) is 6.79. The minimum absolute atomic E-state index is 0.100. The number of methoxy groups -OCH3 is 1. The number of benzene rings is 1. The van der Waals surface area contributed by atoms with Crippen molar-refractivity contribution in [2.24, 2.45) is 0 Å². The van der Waals surface area contributed by atoms with Gasteiger partial charge in [0.2, 0.25) is 0 Å². The molecule has 0 radical (unpaired) electrons. The maximum absolute atomic E-state index is 12.4. The lowest BCUT2D eigenvalue weighted by Gasteiger charge is -2.27. The molecule has 0 bridgehead atoms. The molecule has 1 amide bonds. The third-order valence-electron chi connectivity index (χ3n) is 3.05. The second-order valence-electron chi connectivity index (χ2n) is 4.39. The number of ether oxygens (including phenoxy) is 1. The van der Waals surface area contributed by atoms with Crippen LogP contribution in [0.3, 0.4) is 0 Å². The van der Waals surface area contributed by atoms with Gasteiger partial charge >= 0.3 is 5.97 Å². The molecule has 0 aromatic heterocycles. The van der Waals surface area contributed by atoms with Gasteiger partial charge in [-0.3, -0.25) is 9.59 Å². The Labute approximate surface area is 117 Å². The van der Waals surface area contributed by atoms with E-state index in [4.69, 9.17) is 9.84 Å². The van der Waals surface area contributed by atoms with E-state index in [-0.39, 0.29) is 23.5 Å². The summed E-state index contributed by atoms with van der Waals surface area (Å²) >= 11 is 0. The van der Waals surface area contributed by atoms with Gasteiger partial charge in [0.05, 0.1) is 19.1 Å². The van der Waals surface area contributed by atoms with Crippen LogP contribution in [0, 0.1) is 0 Å². The molecule has 0 aliphatic carbocycles. The Morgan fingerprint density at radius 1 is 1.40 bits per heavy atom. The summed E-state index contributed by atoms with van der Waals surface area (Å²) in [6, 6.07) is 4.16. The number of para-hydroxylation sites is 1. The number of aliphatic carboxylic acids is 1. The first-order valence-corrected chi connectivity index (χ1v) is 6.31. The summed E-state index contributed by atoms with van der Waals surface area (Å²) in [5.74, 6) is -1.42. The number of hydrogen-bond acceptors (Lipinski definition) is 4. The molecule has 110 valence electrons. The van der Waals surface area contributed by atoms with E-state index in [0.717, 1.165) is 0 Å². The molecule has 2 N–H and O–H groups in total. The summed E-state index contributed by atoms with van der Waals surface area (Å²) < 4.78 is 4.96. The fourth-order valence-electron chi connectivity index (χ4n) is 2.03. The molecular weight excluding hydrogens is 262 g/mol. The van der Waals surface area contributed by atoms with Crippen LogP contribution in [0.1, 0.15) is 30.6 Å². The number of rotatable bonds is 6. The van der Waals surface area contributed by atoms with Crippen molar-refractivity contribution < 1.29 is 24.5 Å². The Bertz CT molecular complexity index is 500. The van der Waals surface area contributed by atoms with E-state index in [0.29, 0.717) is 6.54 Å². The molecule has 0 fully saturated rings. The summed E-state index contributed by atoms with van der Waals surface area (Å²) in [7, 11) is 1.40. The topological polar surface area (TPSA) is 87.1 Å². The largest absolute Gasteiger partial charge is 0.504 e. The number of phenolic OH excluding ortho intramolecular Hbond substituents is 1. The van der Waals surface area contributed by atoms with Crippen LogP contribution in [0.25, 0.3) is 0 Å². The maximum atomic E-state index is 12.4. The predicted molar refractivity (Wildman–Crippen MR) is 73.1 cm³/mol. The van der Waals surface area contributed by atoms with Gasteiger partial charge in [-0.15, -0.1) is 0 Å². The van der Waals surface area contributed by atoms with Crippen LogP contribution in [0.2, 0.25) is 0 Å². The average molecular weight is 281 g/mol. The van der Waals surface area contributed by atoms with Crippen LogP contribution in [0.15, 0.2) is 18.2 Å². The van der Waals surface area contributed by atoms with Crippen LogP contribution in [0.4, 0.5) is 0 Å². The molecule has 0 aliphatic rings. The van der Waals surface area contributed by atoms with E-state index in [1.807, 2.05) is 0 Å². The van der Waals surface area contributed by atoms with Gasteiger partial charge in [0.25, 0.3) is 5.91 Å². The molecule has 1 atom stereocenters. The summed E-state index contributed by atoms with van der Waals surface area (Å²) in [5.41, 5.74) is 0.100. The average Bonchev–Trinajstić information content (AvgIpc) is 2.38. The molecule has 1 rings (SSSR count). The minimum Gasteiger partial charge on any atom is -0.504 e. The molecule has 0 heterocycles. The van der Waals surface area contributed by atoms with E-state index in [9.17, 15) is 14.7 Å². The van der Waals surface area contributed by atoms with Crippen LogP contribution >= 0.6 is 0 Å². The first kappa shape index (κ1) is 15.8. The molecule has 0 aliphatic heterocycles. The Morgan fingerprint density at radius 3 is 2.55 bits per heavy atom. The van der Waals surface area contributed by atoms with Gasteiger partial charge in [-0.2, -0.15) is 0 Å². The second-order valence-corrected chi connectivity index (χ2v) is 4.39.